The van der Waals surface area contributed by atoms with Crippen molar-refractivity contribution in [2.45, 2.75) is 49.5 Å². The number of hydrogen-bond donors (Lipinski definition) is 3. The molecule has 0 radical (unpaired) electrons. The summed E-state index contributed by atoms with van der Waals surface area (Å²) in [5.41, 5.74) is 0.908. The highest BCUT2D eigenvalue weighted by Gasteiger charge is 2.58. The van der Waals surface area contributed by atoms with E-state index in [1.165, 1.54) is 18.2 Å². The highest BCUT2D eigenvalue weighted by molar-refractivity contribution is 7.92. The van der Waals surface area contributed by atoms with E-state index in [1.54, 1.807) is 24.0 Å². The van der Waals surface area contributed by atoms with Crippen LogP contribution in [-0.2, 0) is 36.1 Å². The molecule has 2 fully saturated rings. The monoisotopic (exact) mass is 576 g/mol. The largest absolute Gasteiger partial charge is 0.511 e. The van der Waals surface area contributed by atoms with E-state index < -0.39 is 37.9 Å². The van der Waals surface area contributed by atoms with Crippen LogP contribution < -0.4 is 10.0 Å². The average Bonchev–Trinajstić information content (AvgIpc) is 3.46. The Balaban J connectivity index is 1.41. The van der Waals surface area contributed by atoms with E-state index in [0.29, 0.717) is 24.0 Å². The Bertz CT molecular complexity index is 1700. The van der Waals surface area contributed by atoms with Crippen LogP contribution >= 0.6 is 0 Å². The molecule has 39 heavy (non-hydrogen) atoms. The summed E-state index contributed by atoms with van der Waals surface area (Å²) < 4.78 is 75.5. The second-order valence-corrected chi connectivity index (χ2v) is 13.5. The first-order valence-corrected chi connectivity index (χ1v) is 15.5. The Hall–Kier alpha value is -3.49. The smallest absolute Gasteiger partial charge is 0.286 e. The fourth-order valence-electron chi connectivity index (χ4n) is 5.89. The molecule has 4 aliphatic rings. The number of amidine groups is 1. The van der Waals surface area contributed by atoms with Crippen molar-refractivity contribution in [3.63, 3.8) is 0 Å². The molecule has 0 aliphatic carbocycles. The third-order valence-corrected chi connectivity index (χ3v) is 9.40. The second kappa shape index (κ2) is 8.76. The minimum absolute atomic E-state index is 0.0267. The van der Waals surface area contributed by atoms with E-state index in [-0.39, 0.29) is 58.0 Å². The molecular formula is C25H25FN4O7S2. The van der Waals surface area contributed by atoms with E-state index in [4.69, 9.17) is 4.74 Å². The van der Waals surface area contributed by atoms with E-state index >= 15 is 0 Å². The van der Waals surface area contributed by atoms with E-state index in [2.05, 4.69) is 14.4 Å². The van der Waals surface area contributed by atoms with Crippen molar-refractivity contribution in [1.82, 2.24) is 4.90 Å². The molecular weight excluding hydrogens is 551 g/mol. The molecule has 14 heteroatoms. The van der Waals surface area contributed by atoms with Gasteiger partial charge >= 0.3 is 0 Å². The van der Waals surface area contributed by atoms with Crippen molar-refractivity contribution in [3.8, 4) is 0 Å². The highest BCUT2D eigenvalue weighted by Crippen LogP contribution is 2.48. The van der Waals surface area contributed by atoms with Gasteiger partial charge in [0.1, 0.15) is 22.0 Å². The molecule has 0 spiro atoms. The summed E-state index contributed by atoms with van der Waals surface area (Å²) >= 11 is 0. The van der Waals surface area contributed by atoms with Gasteiger partial charge in [-0.15, -0.1) is 4.40 Å². The first kappa shape index (κ1) is 25.8. The zero-order valence-corrected chi connectivity index (χ0v) is 22.5. The SMILES string of the molecule is Cc1cc(CN2C(=O)C(C3=NS(=O)(=O)c4cc(NS(C)(=O)=O)ccc4N3)=C(O)C3C2[C@H]2CC[C@@H]3O2)ccc1F. The van der Waals surface area contributed by atoms with Crippen molar-refractivity contribution in [1.29, 1.82) is 0 Å². The van der Waals surface area contributed by atoms with Gasteiger partial charge in [-0.3, -0.25) is 9.52 Å². The lowest BCUT2D eigenvalue weighted by molar-refractivity contribution is -0.133. The molecule has 206 valence electrons. The number of rotatable bonds is 5. The van der Waals surface area contributed by atoms with Crippen LogP contribution in [0.2, 0.25) is 0 Å². The Kier molecular flexibility index (Phi) is 5.79. The van der Waals surface area contributed by atoms with Gasteiger partial charge in [0.05, 0.1) is 36.1 Å². The minimum Gasteiger partial charge on any atom is -0.511 e. The number of carbonyl (C=O) groups excluding carboxylic acids is 1. The maximum atomic E-state index is 13.9. The zero-order chi connectivity index (χ0) is 27.9. The number of nitrogens with one attached hydrogen (secondary N) is 2. The van der Waals surface area contributed by atoms with Crippen LogP contribution in [0.3, 0.4) is 0 Å². The van der Waals surface area contributed by atoms with Crippen LogP contribution in [0.5, 0.6) is 0 Å². The molecule has 4 heterocycles. The predicted molar refractivity (Wildman–Crippen MR) is 140 cm³/mol. The normalized spacial score (nSPS) is 27.1. The molecule has 4 atom stereocenters. The third kappa shape index (κ3) is 4.36. The van der Waals surface area contributed by atoms with Crippen LogP contribution in [0.1, 0.15) is 24.0 Å². The Labute approximate surface area is 224 Å². The summed E-state index contributed by atoms with van der Waals surface area (Å²) in [5.74, 6) is -2.21. The number of carbonyl (C=O) groups is 1. The molecule has 2 unspecified atom stereocenters. The number of benzene rings is 2. The summed E-state index contributed by atoms with van der Waals surface area (Å²) in [6, 6.07) is 7.92. The maximum absolute atomic E-state index is 13.9. The summed E-state index contributed by atoms with van der Waals surface area (Å²) in [4.78, 5) is 15.2. The molecule has 2 bridgehead atoms. The molecule has 2 saturated heterocycles. The van der Waals surface area contributed by atoms with Crippen molar-refractivity contribution in [2.75, 3.05) is 16.3 Å². The lowest BCUT2D eigenvalue weighted by atomic mass is 9.77. The minimum atomic E-state index is -4.38. The second-order valence-electron chi connectivity index (χ2n) is 10.2. The molecule has 6 rings (SSSR count). The van der Waals surface area contributed by atoms with Crippen molar-refractivity contribution in [2.24, 2.45) is 10.3 Å². The number of nitrogens with zero attached hydrogens (tertiary/aromatic N) is 2. The topological polar surface area (TPSA) is 154 Å². The van der Waals surface area contributed by atoms with E-state index in [9.17, 15) is 31.1 Å². The summed E-state index contributed by atoms with van der Waals surface area (Å²) in [6.07, 6.45) is 1.69. The van der Waals surface area contributed by atoms with Crippen LogP contribution in [-0.4, -0.2) is 63.1 Å². The van der Waals surface area contributed by atoms with Gasteiger partial charge in [0.15, 0.2) is 5.84 Å². The highest BCUT2D eigenvalue weighted by atomic mass is 32.2. The summed E-state index contributed by atoms with van der Waals surface area (Å²) in [6.45, 7) is 1.72. The fourth-order valence-corrected chi connectivity index (χ4v) is 7.59. The molecule has 2 aromatic rings. The molecule has 3 N–H and O–H groups in total. The zero-order valence-electron chi connectivity index (χ0n) is 20.9. The average molecular weight is 577 g/mol. The fraction of sp³-hybridized carbons (Fsp3) is 0.360. The third-order valence-electron chi connectivity index (χ3n) is 7.48. The van der Waals surface area contributed by atoms with Crippen LogP contribution in [0.25, 0.3) is 0 Å². The van der Waals surface area contributed by atoms with Gasteiger partial charge in [-0.2, -0.15) is 8.42 Å². The standard InChI is InChI=1S/C25H25FN4O7S2/c1-12-9-13(3-5-15(12)26)11-30-22-18-8-7-17(37-18)20(22)23(31)21(25(30)32)24-27-16-6-4-14(28-38(2,33)34)10-19(16)39(35,36)29-24/h3-6,9-10,17-18,20,22,28,31H,7-8,11H2,1-2H3,(H,27,29)/t17-,18+,20?,22?/m0/s1. The Morgan fingerprint density at radius 2 is 1.95 bits per heavy atom. The number of anilines is 2. The lowest BCUT2D eigenvalue weighted by Gasteiger charge is -2.42. The van der Waals surface area contributed by atoms with Gasteiger partial charge in [-0.1, -0.05) is 12.1 Å². The number of aliphatic hydroxyl groups is 1. The summed E-state index contributed by atoms with van der Waals surface area (Å²) in [7, 11) is -8.04. The number of sulfonamides is 2. The van der Waals surface area contributed by atoms with Gasteiger partial charge < -0.3 is 20.1 Å². The number of halogens is 1. The molecule has 4 aliphatic heterocycles. The Morgan fingerprint density at radius 1 is 1.21 bits per heavy atom. The van der Waals surface area contributed by atoms with Gasteiger partial charge in [0.2, 0.25) is 10.0 Å². The van der Waals surface area contributed by atoms with E-state index in [0.717, 1.165) is 12.3 Å². The van der Waals surface area contributed by atoms with Gasteiger partial charge in [0, 0.05) is 12.2 Å². The summed E-state index contributed by atoms with van der Waals surface area (Å²) in [5, 5.41) is 14.2. The molecule has 11 nitrogen and oxygen atoms in total. The Morgan fingerprint density at radius 3 is 2.67 bits per heavy atom. The first-order valence-electron chi connectivity index (χ1n) is 12.2. The van der Waals surface area contributed by atoms with Crippen LogP contribution in [0.4, 0.5) is 15.8 Å². The molecule has 0 aromatic heterocycles. The first-order chi connectivity index (χ1) is 18.3. The molecule has 2 aromatic carbocycles. The van der Waals surface area contributed by atoms with E-state index in [1.807, 2.05) is 0 Å². The van der Waals surface area contributed by atoms with Crippen molar-refractivity contribution >= 4 is 43.2 Å². The van der Waals surface area contributed by atoms with Crippen molar-refractivity contribution in [3.05, 3.63) is 64.7 Å². The number of aryl methyl sites for hydroxylation is 1. The van der Waals surface area contributed by atoms with Gasteiger partial charge in [0.25, 0.3) is 15.9 Å². The number of ether oxygens (including phenoxy) is 1. The number of aliphatic hydroxyl groups excluding tert-OH is 1. The van der Waals surface area contributed by atoms with Crippen LogP contribution in [0, 0.1) is 18.7 Å². The molecule has 1 amide bonds. The van der Waals surface area contributed by atoms with Crippen molar-refractivity contribution < 1.29 is 35.9 Å². The molecule has 0 saturated carbocycles. The quantitative estimate of drug-likeness (QED) is 0.490. The van der Waals surface area contributed by atoms with Gasteiger partial charge in [-0.05, 0) is 55.2 Å². The van der Waals surface area contributed by atoms with Crippen LogP contribution in [0.15, 0.2) is 57.0 Å². The predicted octanol–water partition coefficient (Wildman–Crippen LogP) is 2.42. The lowest BCUT2D eigenvalue weighted by Crippen LogP contribution is -2.55. The number of hydrogen-bond acceptors (Lipinski definition) is 8. The number of amides is 1. The van der Waals surface area contributed by atoms with Gasteiger partial charge in [-0.25, -0.2) is 12.8 Å². The maximum Gasteiger partial charge on any atom is 0.286 e. The number of fused-ring (bicyclic) bond motifs is 6.